The van der Waals surface area contributed by atoms with Gasteiger partial charge in [-0.3, -0.25) is 4.90 Å². The molecule has 4 heteroatoms. The van der Waals surface area contributed by atoms with Gasteiger partial charge in [0.15, 0.2) is 0 Å². The van der Waals surface area contributed by atoms with Crippen LogP contribution in [0.3, 0.4) is 0 Å². The van der Waals surface area contributed by atoms with Gasteiger partial charge in [-0.25, -0.2) is 0 Å². The number of hydrogen-bond acceptors (Lipinski definition) is 2. The maximum Gasteiger partial charge on any atom is 0.0641 e. The Labute approximate surface area is 125 Å². The third-order valence-electron chi connectivity index (χ3n) is 4.25. The average molecular weight is 299 g/mol. The standard InChI is InChI=1S/C15H20Cl2N2/c1-9-5-14(17)15(7-13(9)16)18-11-6-10(2)19(8-11)12-3-4-12/h5,7,10-12,18H,3-4,6,8H2,1-2H3. The van der Waals surface area contributed by atoms with Gasteiger partial charge in [0.25, 0.3) is 0 Å². The largest absolute Gasteiger partial charge is 0.380 e. The molecule has 2 aliphatic rings. The minimum Gasteiger partial charge on any atom is -0.380 e. The molecule has 0 amide bonds. The van der Waals surface area contributed by atoms with Crippen LogP contribution >= 0.6 is 23.2 Å². The highest BCUT2D eigenvalue weighted by Crippen LogP contribution is 2.35. The lowest BCUT2D eigenvalue weighted by Crippen LogP contribution is -2.31. The van der Waals surface area contributed by atoms with Crippen LogP contribution in [0.2, 0.25) is 10.0 Å². The molecular formula is C15H20Cl2N2. The van der Waals surface area contributed by atoms with Crippen molar-refractivity contribution < 1.29 is 0 Å². The first kappa shape index (κ1) is 13.5. The molecule has 1 saturated carbocycles. The Morgan fingerprint density at radius 3 is 2.63 bits per heavy atom. The molecule has 0 aromatic heterocycles. The molecule has 0 radical (unpaired) electrons. The molecule has 2 unspecified atom stereocenters. The monoisotopic (exact) mass is 298 g/mol. The van der Waals surface area contributed by atoms with Crippen molar-refractivity contribution in [3.63, 3.8) is 0 Å². The normalized spacial score (nSPS) is 27.8. The Bertz CT molecular complexity index is 485. The minimum atomic E-state index is 0.479. The number of anilines is 1. The fourth-order valence-corrected chi connectivity index (χ4v) is 3.49. The maximum atomic E-state index is 6.29. The van der Waals surface area contributed by atoms with Gasteiger partial charge in [-0.05, 0) is 50.8 Å². The molecule has 0 spiro atoms. The average Bonchev–Trinajstić information content (AvgIpc) is 3.11. The highest BCUT2D eigenvalue weighted by molar-refractivity contribution is 6.35. The molecule has 1 aliphatic heterocycles. The van der Waals surface area contributed by atoms with Crippen LogP contribution < -0.4 is 5.32 Å². The molecule has 1 aromatic carbocycles. The minimum absolute atomic E-state index is 0.479. The van der Waals surface area contributed by atoms with E-state index in [-0.39, 0.29) is 0 Å². The third-order valence-corrected chi connectivity index (χ3v) is 4.97. The van der Waals surface area contributed by atoms with Gasteiger partial charge in [-0.1, -0.05) is 23.2 Å². The van der Waals surface area contributed by atoms with E-state index in [1.807, 2.05) is 19.1 Å². The van der Waals surface area contributed by atoms with Gasteiger partial charge < -0.3 is 5.32 Å². The third kappa shape index (κ3) is 2.86. The molecule has 104 valence electrons. The number of rotatable bonds is 3. The van der Waals surface area contributed by atoms with E-state index in [2.05, 4.69) is 17.1 Å². The topological polar surface area (TPSA) is 15.3 Å². The smallest absolute Gasteiger partial charge is 0.0641 e. The first-order valence-electron chi connectivity index (χ1n) is 7.02. The number of halogens is 2. The van der Waals surface area contributed by atoms with Gasteiger partial charge in [0.2, 0.25) is 0 Å². The SMILES string of the molecule is Cc1cc(Cl)c(NC2CC(C)N(C3CC3)C2)cc1Cl. The van der Waals surface area contributed by atoms with Crippen molar-refractivity contribution in [3.05, 3.63) is 27.7 Å². The summed E-state index contributed by atoms with van der Waals surface area (Å²) in [6, 6.07) is 5.86. The lowest BCUT2D eigenvalue weighted by atomic mass is 10.1. The molecule has 1 aliphatic carbocycles. The summed E-state index contributed by atoms with van der Waals surface area (Å²) in [6.07, 6.45) is 3.92. The predicted molar refractivity (Wildman–Crippen MR) is 82.4 cm³/mol. The highest BCUT2D eigenvalue weighted by Gasteiger charge is 2.38. The molecule has 1 heterocycles. The fraction of sp³-hybridized carbons (Fsp3) is 0.600. The van der Waals surface area contributed by atoms with Crippen molar-refractivity contribution in [2.75, 3.05) is 11.9 Å². The predicted octanol–water partition coefficient (Wildman–Crippen LogP) is 4.34. The summed E-state index contributed by atoms with van der Waals surface area (Å²) in [5, 5.41) is 5.10. The van der Waals surface area contributed by atoms with Crippen LogP contribution in [0.4, 0.5) is 5.69 Å². The van der Waals surface area contributed by atoms with Gasteiger partial charge in [-0.15, -0.1) is 0 Å². The maximum absolute atomic E-state index is 6.29. The summed E-state index contributed by atoms with van der Waals surface area (Å²) >= 11 is 12.5. The summed E-state index contributed by atoms with van der Waals surface area (Å²) in [6.45, 7) is 5.42. The van der Waals surface area contributed by atoms with Crippen LogP contribution in [0.15, 0.2) is 12.1 Å². The van der Waals surface area contributed by atoms with Crippen molar-refractivity contribution in [3.8, 4) is 0 Å². The van der Waals surface area contributed by atoms with Crippen molar-refractivity contribution in [2.45, 2.75) is 51.2 Å². The Morgan fingerprint density at radius 2 is 1.95 bits per heavy atom. The number of nitrogens with zero attached hydrogens (tertiary/aromatic N) is 1. The van der Waals surface area contributed by atoms with E-state index < -0.39 is 0 Å². The van der Waals surface area contributed by atoms with E-state index in [1.54, 1.807) is 0 Å². The molecule has 2 nitrogen and oxygen atoms in total. The van der Waals surface area contributed by atoms with Crippen LogP contribution in [0, 0.1) is 6.92 Å². The number of nitrogens with one attached hydrogen (secondary N) is 1. The van der Waals surface area contributed by atoms with E-state index in [1.165, 1.54) is 19.3 Å². The van der Waals surface area contributed by atoms with Gasteiger partial charge in [0.05, 0.1) is 10.7 Å². The van der Waals surface area contributed by atoms with Gasteiger partial charge in [0, 0.05) is 29.7 Å². The molecule has 3 rings (SSSR count). The molecule has 1 saturated heterocycles. The van der Waals surface area contributed by atoms with E-state index in [0.29, 0.717) is 12.1 Å². The van der Waals surface area contributed by atoms with Crippen LogP contribution in [0.25, 0.3) is 0 Å². The zero-order valence-corrected chi connectivity index (χ0v) is 12.9. The number of hydrogen-bond donors (Lipinski definition) is 1. The number of benzene rings is 1. The molecule has 1 N–H and O–H groups in total. The zero-order valence-electron chi connectivity index (χ0n) is 11.4. The van der Waals surface area contributed by atoms with Crippen molar-refractivity contribution >= 4 is 28.9 Å². The molecule has 2 fully saturated rings. The zero-order chi connectivity index (χ0) is 13.6. The first-order chi connectivity index (χ1) is 9.04. The second kappa shape index (κ2) is 5.16. The Hall–Kier alpha value is -0.440. The summed E-state index contributed by atoms with van der Waals surface area (Å²) in [7, 11) is 0. The van der Waals surface area contributed by atoms with Crippen LogP contribution in [0.5, 0.6) is 0 Å². The molecule has 0 bridgehead atoms. The Morgan fingerprint density at radius 1 is 1.21 bits per heavy atom. The van der Waals surface area contributed by atoms with Gasteiger partial charge in [-0.2, -0.15) is 0 Å². The Balaban J connectivity index is 1.70. The lowest BCUT2D eigenvalue weighted by molar-refractivity contribution is 0.257. The fourth-order valence-electron chi connectivity index (χ4n) is 3.05. The van der Waals surface area contributed by atoms with E-state index >= 15 is 0 Å². The van der Waals surface area contributed by atoms with Gasteiger partial charge in [0.1, 0.15) is 0 Å². The van der Waals surface area contributed by atoms with Gasteiger partial charge >= 0.3 is 0 Å². The molecule has 2 atom stereocenters. The summed E-state index contributed by atoms with van der Waals surface area (Å²) in [5.74, 6) is 0. The number of aryl methyl sites for hydroxylation is 1. The summed E-state index contributed by atoms with van der Waals surface area (Å²) in [4.78, 5) is 2.63. The van der Waals surface area contributed by atoms with Crippen molar-refractivity contribution in [2.24, 2.45) is 0 Å². The summed E-state index contributed by atoms with van der Waals surface area (Å²) < 4.78 is 0. The van der Waals surface area contributed by atoms with E-state index in [4.69, 9.17) is 23.2 Å². The second-order valence-corrected chi connectivity index (χ2v) is 6.75. The summed E-state index contributed by atoms with van der Waals surface area (Å²) in [5.41, 5.74) is 1.99. The van der Waals surface area contributed by atoms with Crippen LogP contribution in [-0.2, 0) is 0 Å². The highest BCUT2D eigenvalue weighted by atomic mass is 35.5. The quantitative estimate of drug-likeness (QED) is 0.893. The van der Waals surface area contributed by atoms with E-state index in [9.17, 15) is 0 Å². The van der Waals surface area contributed by atoms with Crippen LogP contribution in [-0.4, -0.2) is 29.6 Å². The molecule has 1 aromatic rings. The van der Waals surface area contributed by atoms with Crippen LogP contribution in [0.1, 0.15) is 31.7 Å². The molecular weight excluding hydrogens is 279 g/mol. The Kier molecular flexibility index (Phi) is 3.67. The molecule has 19 heavy (non-hydrogen) atoms. The first-order valence-corrected chi connectivity index (χ1v) is 7.78. The number of likely N-dealkylation sites (tertiary alicyclic amines) is 1. The second-order valence-electron chi connectivity index (χ2n) is 5.94. The van der Waals surface area contributed by atoms with E-state index in [0.717, 1.165) is 33.9 Å². The lowest BCUT2D eigenvalue weighted by Gasteiger charge is -2.20. The van der Waals surface area contributed by atoms with Crippen molar-refractivity contribution in [1.82, 2.24) is 4.90 Å². The van der Waals surface area contributed by atoms with Crippen molar-refractivity contribution in [1.29, 1.82) is 0 Å².